The Morgan fingerprint density at radius 3 is 2.61 bits per heavy atom. The maximum absolute atomic E-state index is 11.8. The highest BCUT2D eigenvalue weighted by molar-refractivity contribution is 6.41. The molecule has 2 aromatic rings. The van der Waals surface area contributed by atoms with Gasteiger partial charge in [0.15, 0.2) is 6.61 Å². The molecule has 1 N–H and O–H groups in total. The molecule has 0 aliphatic rings. The van der Waals surface area contributed by atoms with E-state index in [0.29, 0.717) is 0 Å². The van der Waals surface area contributed by atoms with Gasteiger partial charge in [-0.1, -0.05) is 53.5 Å². The third kappa shape index (κ3) is 4.94. The molecule has 0 bridgehead atoms. The number of benzene rings is 1. The molecule has 23 heavy (non-hydrogen) atoms. The molecule has 1 aromatic heterocycles. The molecule has 0 radical (unpaired) electrons. The zero-order valence-electron chi connectivity index (χ0n) is 12.3. The fourth-order valence-corrected chi connectivity index (χ4v) is 2.13. The van der Waals surface area contributed by atoms with E-state index >= 15 is 0 Å². The molecule has 0 aliphatic carbocycles. The van der Waals surface area contributed by atoms with Crippen LogP contribution in [0.5, 0.6) is 0 Å². The summed E-state index contributed by atoms with van der Waals surface area (Å²) in [5.74, 6) is -1.10. The standard InChI is InChI=1S/C16H14Cl2N2O3/c1-10(11-5-3-2-4-6-11)20-14(21)9-23-16(22)12-7-13(17)15(18)19-8-12/h2-8,10H,9H2,1H3,(H,20,21)/t10-/m1/s1. The summed E-state index contributed by atoms with van der Waals surface area (Å²) in [5, 5.41) is 2.98. The van der Waals surface area contributed by atoms with Gasteiger partial charge in [0.1, 0.15) is 5.15 Å². The number of aromatic nitrogens is 1. The van der Waals surface area contributed by atoms with Crippen LogP contribution in [0.2, 0.25) is 10.2 Å². The van der Waals surface area contributed by atoms with Gasteiger partial charge in [-0.15, -0.1) is 0 Å². The second-order valence-electron chi connectivity index (χ2n) is 4.77. The van der Waals surface area contributed by atoms with Crippen molar-refractivity contribution in [2.75, 3.05) is 6.61 Å². The van der Waals surface area contributed by atoms with Gasteiger partial charge >= 0.3 is 5.97 Å². The highest BCUT2D eigenvalue weighted by Crippen LogP contribution is 2.20. The second kappa shape index (κ2) is 7.94. The minimum absolute atomic E-state index is 0.0950. The number of ether oxygens (including phenoxy) is 1. The number of carbonyl (C=O) groups is 2. The van der Waals surface area contributed by atoms with Gasteiger partial charge in [-0.3, -0.25) is 4.79 Å². The summed E-state index contributed by atoms with van der Waals surface area (Å²) in [7, 11) is 0. The van der Waals surface area contributed by atoms with Crippen molar-refractivity contribution in [2.45, 2.75) is 13.0 Å². The lowest BCUT2D eigenvalue weighted by atomic mass is 10.1. The van der Waals surface area contributed by atoms with Crippen LogP contribution in [0, 0.1) is 0 Å². The zero-order chi connectivity index (χ0) is 16.8. The predicted molar refractivity (Wildman–Crippen MR) is 87.5 cm³/mol. The van der Waals surface area contributed by atoms with Crippen molar-refractivity contribution < 1.29 is 14.3 Å². The summed E-state index contributed by atoms with van der Waals surface area (Å²) in [6.07, 6.45) is 1.24. The van der Waals surface area contributed by atoms with Gasteiger partial charge in [-0.2, -0.15) is 0 Å². The minimum Gasteiger partial charge on any atom is -0.452 e. The van der Waals surface area contributed by atoms with Gasteiger partial charge in [0, 0.05) is 6.20 Å². The number of rotatable bonds is 5. The number of nitrogens with one attached hydrogen (secondary N) is 1. The Morgan fingerprint density at radius 1 is 1.26 bits per heavy atom. The predicted octanol–water partition coefficient (Wildman–Crippen LogP) is 3.42. The first-order chi connectivity index (χ1) is 11.0. The quantitative estimate of drug-likeness (QED) is 0.661. The molecule has 1 heterocycles. The van der Waals surface area contributed by atoms with Crippen molar-refractivity contribution in [3.05, 3.63) is 63.9 Å². The molecule has 1 amide bonds. The summed E-state index contributed by atoms with van der Waals surface area (Å²) >= 11 is 11.4. The molecule has 1 atom stereocenters. The molecule has 1 aromatic carbocycles. The summed E-state index contributed by atoms with van der Waals surface area (Å²) < 4.78 is 4.93. The van der Waals surface area contributed by atoms with Crippen molar-refractivity contribution in [3.8, 4) is 0 Å². The molecule has 0 fully saturated rings. The van der Waals surface area contributed by atoms with Crippen LogP contribution in [0.1, 0.15) is 28.9 Å². The van der Waals surface area contributed by atoms with E-state index in [1.807, 2.05) is 37.3 Å². The third-order valence-corrected chi connectivity index (χ3v) is 3.73. The van der Waals surface area contributed by atoms with Gasteiger partial charge in [0.25, 0.3) is 5.91 Å². The van der Waals surface area contributed by atoms with E-state index in [0.717, 1.165) is 5.56 Å². The van der Waals surface area contributed by atoms with Crippen LogP contribution >= 0.6 is 23.2 Å². The first-order valence-electron chi connectivity index (χ1n) is 6.80. The fraction of sp³-hybridized carbons (Fsp3) is 0.188. The number of esters is 1. The summed E-state index contributed by atoms with van der Waals surface area (Å²) in [4.78, 5) is 27.4. The van der Waals surface area contributed by atoms with Crippen LogP contribution < -0.4 is 5.32 Å². The molecular weight excluding hydrogens is 339 g/mol. The number of halogens is 2. The van der Waals surface area contributed by atoms with E-state index in [1.165, 1.54) is 12.3 Å². The first kappa shape index (κ1) is 17.2. The van der Waals surface area contributed by atoms with E-state index in [1.54, 1.807) is 0 Å². The maximum Gasteiger partial charge on any atom is 0.340 e. The Morgan fingerprint density at radius 2 is 1.96 bits per heavy atom. The molecule has 0 spiro atoms. The molecule has 0 unspecified atom stereocenters. The van der Waals surface area contributed by atoms with Gasteiger partial charge in [0.2, 0.25) is 0 Å². The summed E-state index contributed by atoms with van der Waals surface area (Å²) in [6.45, 7) is 1.45. The number of carbonyl (C=O) groups excluding carboxylic acids is 2. The molecule has 5 nitrogen and oxygen atoms in total. The summed E-state index contributed by atoms with van der Waals surface area (Å²) in [5.41, 5.74) is 1.09. The van der Waals surface area contributed by atoms with Gasteiger partial charge in [-0.05, 0) is 18.6 Å². The van der Waals surface area contributed by atoms with Crippen LogP contribution in [-0.4, -0.2) is 23.5 Å². The molecule has 0 saturated heterocycles. The Labute approximate surface area is 143 Å². The Balaban J connectivity index is 1.86. The van der Waals surface area contributed by atoms with Crippen LogP contribution in [0.3, 0.4) is 0 Å². The molecule has 2 rings (SSSR count). The van der Waals surface area contributed by atoms with E-state index in [-0.39, 0.29) is 21.8 Å². The third-order valence-electron chi connectivity index (χ3n) is 3.04. The lowest BCUT2D eigenvalue weighted by Crippen LogP contribution is -2.31. The largest absolute Gasteiger partial charge is 0.452 e. The number of hydrogen-bond acceptors (Lipinski definition) is 4. The molecular formula is C16H14Cl2N2O3. The number of hydrogen-bond donors (Lipinski definition) is 1. The lowest BCUT2D eigenvalue weighted by Gasteiger charge is -2.14. The van der Waals surface area contributed by atoms with Crippen molar-refractivity contribution in [1.82, 2.24) is 10.3 Å². The van der Waals surface area contributed by atoms with Crippen molar-refractivity contribution >= 4 is 35.1 Å². The fourth-order valence-electron chi connectivity index (χ4n) is 1.86. The number of pyridine rings is 1. The number of amides is 1. The van der Waals surface area contributed by atoms with E-state index in [9.17, 15) is 9.59 Å². The number of nitrogens with zero attached hydrogens (tertiary/aromatic N) is 1. The van der Waals surface area contributed by atoms with E-state index in [2.05, 4.69) is 10.3 Å². The first-order valence-corrected chi connectivity index (χ1v) is 7.55. The van der Waals surface area contributed by atoms with E-state index < -0.39 is 18.5 Å². The molecule has 0 aliphatic heterocycles. The minimum atomic E-state index is -0.696. The maximum atomic E-state index is 11.8. The highest BCUT2D eigenvalue weighted by atomic mass is 35.5. The lowest BCUT2D eigenvalue weighted by molar-refractivity contribution is -0.124. The van der Waals surface area contributed by atoms with Gasteiger partial charge in [-0.25, -0.2) is 9.78 Å². The smallest absolute Gasteiger partial charge is 0.340 e. The van der Waals surface area contributed by atoms with Crippen LogP contribution in [0.4, 0.5) is 0 Å². The van der Waals surface area contributed by atoms with Crippen molar-refractivity contribution in [3.63, 3.8) is 0 Å². The Bertz CT molecular complexity index is 708. The van der Waals surface area contributed by atoms with Crippen LogP contribution in [-0.2, 0) is 9.53 Å². The van der Waals surface area contributed by atoms with Crippen LogP contribution in [0.15, 0.2) is 42.6 Å². The van der Waals surface area contributed by atoms with Gasteiger partial charge in [0.05, 0.1) is 16.6 Å². The Hall–Kier alpha value is -2.11. The summed E-state index contributed by atoms with van der Waals surface area (Å²) in [6, 6.07) is 10.6. The highest BCUT2D eigenvalue weighted by Gasteiger charge is 2.14. The SMILES string of the molecule is C[C@@H](NC(=O)COC(=O)c1cnc(Cl)c(Cl)c1)c1ccccc1. The normalized spacial score (nSPS) is 11.6. The van der Waals surface area contributed by atoms with Crippen molar-refractivity contribution in [2.24, 2.45) is 0 Å². The Kier molecular flexibility index (Phi) is 5.96. The van der Waals surface area contributed by atoms with Gasteiger partial charge < -0.3 is 10.1 Å². The molecule has 7 heteroatoms. The van der Waals surface area contributed by atoms with Crippen molar-refractivity contribution in [1.29, 1.82) is 0 Å². The van der Waals surface area contributed by atoms with Crippen LogP contribution in [0.25, 0.3) is 0 Å². The average Bonchev–Trinajstić information content (AvgIpc) is 2.56. The zero-order valence-corrected chi connectivity index (χ0v) is 13.8. The average molecular weight is 353 g/mol. The monoisotopic (exact) mass is 352 g/mol. The molecule has 0 saturated carbocycles. The molecule has 120 valence electrons. The second-order valence-corrected chi connectivity index (χ2v) is 5.54. The van der Waals surface area contributed by atoms with E-state index in [4.69, 9.17) is 27.9 Å². The topological polar surface area (TPSA) is 68.3 Å².